The van der Waals surface area contributed by atoms with E-state index in [1.165, 1.54) is 11.8 Å². The lowest BCUT2D eigenvalue weighted by Gasteiger charge is -2.20. The largest absolute Gasteiger partial charge is 0.490 e. The third-order valence-electron chi connectivity index (χ3n) is 5.23. The molecule has 1 N–H and O–H groups in total. The second-order valence-electron chi connectivity index (χ2n) is 7.66. The molecule has 0 unspecified atom stereocenters. The molecule has 2 amide bonds. The molecule has 0 spiro atoms. The summed E-state index contributed by atoms with van der Waals surface area (Å²) in [6, 6.07) is 3.57. The van der Waals surface area contributed by atoms with Gasteiger partial charge in [0.2, 0.25) is 0 Å². The Balaban J connectivity index is 2.13. The first-order valence-corrected chi connectivity index (χ1v) is 13.6. The van der Waals surface area contributed by atoms with Crippen LogP contribution in [0.15, 0.2) is 21.5 Å². The molecule has 1 aromatic carbocycles. The first-order valence-electron chi connectivity index (χ1n) is 11.6. The SMILES string of the molecule is CCOc1cc(/C=C2/SC(=S)N(CCCCCC(=O)O)C2=O)cc(Br)c1OCC(=O)N(CC)CC. The number of thiocarbonyl (C=S) groups is 1. The number of thioether (sulfide) groups is 1. The molecule has 1 aromatic rings. The van der Waals surface area contributed by atoms with Crippen molar-refractivity contribution in [2.24, 2.45) is 0 Å². The Morgan fingerprint density at radius 3 is 2.51 bits per heavy atom. The Kier molecular flexibility index (Phi) is 12.0. The molecular formula is C24H31BrN2O6S2. The maximum absolute atomic E-state index is 12.9. The van der Waals surface area contributed by atoms with E-state index in [1.807, 2.05) is 20.8 Å². The van der Waals surface area contributed by atoms with Crippen LogP contribution in [0.25, 0.3) is 6.08 Å². The van der Waals surface area contributed by atoms with Crippen LogP contribution in [0, 0.1) is 0 Å². The van der Waals surface area contributed by atoms with E-state index in [4.69, 9.17) is 26.8 Å². The summed E-state index contributed by atoms with van der Waals surface area (Å²) in [5.74, 6) is -0.201. The zero-order valence-electron chi connectivity index (χ0n) is 20.2. The Morgan fingerprint density at radius 2 is 1.89 bits per heavy atom. The lowest BCUT2D eigenvalue weighted by molar-refractivity contribution is -0.137. The molecular weight excluding hydrogens is 556 g/mol. The maximum atomic E-state index is 12.9. The summed E-state index contributed by atoms with van der Waals surface area (Å²) in [5, 5.41) is 8.74. The van der Waals surface area contributed by atoms with Gasteiger partial charge in [0.05, 0.1) is 16.0 Å². The van der Waals surface area contributed by atoms with Crippen LogP contribution in [0.5, 0.6) is 11.5 Å². The van der Waals surface area contributed by atoms with Crippen molar-refractivity contribution in [3.63, 3.8) is 0 Å². The number of unbranched alkanes of at least 4 members (excludes halogenated alkanes) is 2. The fraction of sp³-hybridized carbons (Fsp3) is 0.500. The lowest BCUT2D eigenvalue weighted by Crippen LogP contribution is -2.34. The van der Waals surface area contributed by atoms with Crippen LogP contribution in [-0.2, 0) is 14.4 Å². The summed E-state index contributed by atoms with van der Waals surface area (Å²) in [4.78, 5) is 39.6. The molecule has 0 aromatic heterocycles. The lowest BCUT2D eigenvalue weighted by atomic mass is 10.1. The highest BCUT2D eigenvalue weighted by Crippen LogP contribution is 2.39. The molecule has 0 saturated carbocycles. The number of rotatable bonds is 14. The highest BCUT2D eigenvalue weighted by atomic mass is 79.9. The smallest absolute Gasteiger partial charge is 0.303 e. The predicted molar refractivity (Wildman–Crippen MR) is 145 cm³/mol. The zero-order valence-corrected chi connectivity index (χ0v) is 23.4. The minimum absolute atomic E-state index is 0.106. The van der Waals surface area contributed by atoms with Gasteiger partial charge in [-0.3, -0.25) is 19.3 Å². The normalized spacial score (nSPS) is 14.5. The van der Waals surface area contributed by atoms with Gasteiger partial charge in [-0.25, -0.2) is 0 Å². The van der Waals surface area contributed by atoms with Crippen molar-refractivity contribution < 1.29 is 29.0 Å². The standard InChI is InChI=1S/C24H31BrN2O6S2/c1-4-26(5-2)20(28)15-33-22-17(25)12-16(13-18(22)32-6-3)14-19-23(31)27(24(34)35-19)11-9-7-8-10-21(29)30/h12-14H,4-11,15H2,1-3H3,(H,29,30)/b19-14+. The Hall–Kier alpha value is -2.11. The maximum Gasteiger partial charge on any atom is 0.303 e. The monoisotopic (exact) mass is 586 g/mol. The topological polar surface area (TPSA) is 96.4 Å². The van der Waals surface area contributed by atoms with Crippen LogP contribution in [0.2, 0.25) is 0 Å². The summed E-state index contributed by atoms with van der Waals surface area (Å²) in [6.07, 6.45) is 3.85. The number of carboxylic acid groups (broad SMARTS) is 1. The number of benzene rings is 1. The van der Waals surface area contributed by atoms with Crippen molar-refractivity contribution in [1.82, 2.24) is 9.80 Å². The fourth-order valence-corrected chi connectivity index (χ4v) is 5.33. The van der Waals surface area contributed by atoms with E-state index in [-0.39, 0.29) is 24.8 Å². The van der Waals surface area contributed by atoms with Crippen LogP contribution >= 0.6 is 39.9 Å². The van der Waals surface area contributed by atoms with E-state index < -0.39 is 5.97 Å². The molecule has 0 bridgehead atoms. The van der Waals surface area contributed by atoms with Gasteiger partial charge in [-0.15, -0.1) is 0 Å². The first-order chi connectivity index (χ1) is 16.7. The number of likely N-dealkylation sites (N-methyl/N-ethyl adjacent to an activating group) is 1. The Bertz CT molecular complexity index is 981. The number of halogens is 1. The quantitative estimate of drug-likeness (QED) is 0.186. The van der Waals surface area contributed by atoms with E-state index in [0.29, 0.717) is 70.7 Å². The third kappa shape index (κ3) is 8.50. The van der Waals surface area contributed by atoms with Crippen LogP contribution in [0.4, 0.5) is 0 Å². The fourth-order valence-electron chi connectivity index (χ4n) is 3.44. The highest BCUT2D eigenvalue weighted by Gasteiger charge is 2.31. The summed E-state index contributed by atoms with van der Waals surface area (Å²) in [5.41, 5.74) is 0.727. The van der Waals surface area contributed by atoms with Gasteiger partial charge >= 0.3 is 5.97 Å². The van der Waals surface area contributed by atoms with Gasteiger partial charge in [0, 0.05) is 26.1 Å². The van der Waals surface area contributed by atoms with Gasteiger partial charge in [0.15, 0.2) is 18.1 Å². The van der Waals surface area contributed by atoms with Crippen molar-refractivity contribution in [3.8, 4) is 11.5 Å². The van der Waals surface area contributed by atoms with Crippen molar-refractivity contribution >= 4 is 68.1 Å². The van der Waals surface area contributed by atoms with Gasteiger partial charge in [-0.2, -0.15) is 0 Å². The number of amides is 2. The molecule has 1 aliphatic rings. The third-order valence-corrected chi connectivity index (χ3v) is 7.20. The van der Waals surface area contributed by atoms with Crippen molar-refractivity contribution in [1.29, 1.82) is 0 Å². The molecule has 35 heavy (non-hydrogen) atoms. The van der Waals surface area contributed by atoms with Crippen molar-refractivity contribution in [3.05, 3.63) is 27.1 Å². The average Bonchev–Trinajstić information content (AvgIpc) is 3.06. The molecule has 192 valence electrons. The summed E-state index contributed by atoms with van der Waals surface area (Å²) >= 11 is 10.1. The Labute approximate surface area is 224 Å². The molecule has 1 aliphatic heterocycles. The summed E-state index contributed by atoms with van der Waals surface area (Å²) in [6.45, 7) is 7.66. The number of nitrogens with zero attached hydrogens (tertiary/aromatic N) is 2. The average molecular weight is 588 g/mol. The first kappa shape index (κ1) is 29.1. The van der Waals surface area contributed by atoms with Gasteiger partial charge in [0.25, 0.3) is 11.8 Å². The zero-order chi connectivity index (χ0) is 26.0. The number of hydrogen-bond acceptors (Lipinski definition) is 7. The van der Waals surface area contributed by atoms with Gasteiger partial charge in [0.1, 0.15) is 4.32 Å². The van der Waals surface area contributed by atoms with Gasteiger partial charge in [-0.1, -0.05) is 30.4 Å². The minimum Gasteiger partial charge on any atom is -0.490 e. The summed E-state index contributed by atoms with van der Waals surface area (Å²) in [7, 11) is 0. The van der Waals surface area contributed by atoms with Crippen LogP contribution in [0.1, 0.15) is 52.0 Å². The van der Waals surface area contributed by atoms with Crippen molar-refractivity contribution in [2.75, 3.05) is 32.8 Å². The molecule has 0 aliphatic carbocycles. The number of ether oxygens (including phenoxy) is 2. The van der Waals surface area contributed by atoms with E-state index in [0.717, 1.165) is 5.56 Å². The highest BCUT2D eigenvalue weighted by molar-refractivity contribution is 9.10. The number of carbonyl (C=O) groups excluding carboxylic acids is 2. The molecule has 8 nitrogen and oxygen atoms in total. The molecule has 11 heteroatoms. The van der Waals surface area contributed by atoms with E-state index in [9.17, 15) is 14.4 Å². The van der Waals surface area contributed by atoms with Crippen molar-refractivity contribution in [2.45, 2.75) is 46.5 Å². The second-order valence-corrected chi connectivity index (χ2v) is 10.2. The van der Waals surface area contributed by atoms with Crippen LogP contribution < -0.4 is 9.47 Å². The minimum atomic E-state index is -0.817. The van der Waals surface area contributed by atoms with Crippen LogP contribution in [0.3, 0.4) is 0 Å². The molecule has 0 atom stereocenters. The number of aliphatic carboxylic acids is 1. The number of carbonyl (C=O) groups is 3. The van der Waals surface area contributed by atoms with E-state index >= 15 is 0 Å². The second kappa shape index (κ2) is 14.4. The molecule has 1 fully saturated rings. The van der Waals surface area contributed by atoms with Gasteiger partial charge < -0.3 is 19.5 Å². The Morgan fingerprint density at radius 1 is 1.17 bits per heavy atom. The number of hydrogen-bond donors (Lipinski definition) is 1. The molecule has 2 rings (SSSR count). The molecule has 1 heterocycles. The number of carboxylic acids is 1. The van der Waals surface area contributed by atoms with E-state index in [2.05, 4.69) is 15.9 Å². The summed E-state index contributed by atoms with van der Waals surface area (Å²) < 4.78 is 12.6. The van der Waals surface area contributed by atoms with Crippen LogP contribution in [-0.4, -0.2) is 69.9 Å². The molecule has 1 saturated heterocycles. The van der Waals surface area contributed by atoms with E-state index in [1.54, 1.807) is 28.0 Å². The predicted octanol–water partition coefficient (Wildman–Crippen LogP) is 4.94. The molecule has 0 radical (unpaired) electrons. The van der Waals surface area contributed by atoms with Gasteiger partial charge in [-0.05, 0) is 73.3 Å².